The molecule has 0 aliphatic heterocycles. The van der Waals surface area contributed by atoms with E-state index < -0.39 is 0 Å². The fraction of sp³-hybridized carbons (Fsp3) is 0.176. The lowest BCUT2D eigenvalue weighted by Gasteiger charge is -2.34. The zero-order valence-electron chi connectivity index (χ0n) is 41.2. The van der Waals surface area contributed by atoms with Crippen molar-refractivity contribution in [1.82, 2.24) is 0 Å². The molecule has 0 heterocycles. The van der Waals surface area contributed by atoms with Crippen LogP contribution in [-0.4, -0.2) is 0 Å². The molecule has 0 aliphatic rings. The first-order valence-corrected chi connectivity index (χ1v) is 24.5. The molecular formula is C68H58. The Morgan fingerprint density at radius 2 is 0.426 bits per heavy atom. The Balaban J connectivity index is 1.41. The molecule has 0 N–H and O–H groups in total. The van der Waals surface area contributed by atoms with E-state index in [0.29, 0.717) is 0 Å². The Morgan fingerprint density at radius 3 is 0.632 bits per heavy atom. The molecule has 0 saturated carbocycles. The Hall–Kier alpha value is -7.28. The lowest BCUT2D eigenvalue weighted by molar-refractivity contribution is 0.594. The summed E-state index contributed by atoms with van der Waals surface area (Å²) in [5, 5.41) is 18.3. The predicted molar refractivity (Wildman–Crippen MR) is 298 cm³/mol. The normalized spacial score (nSPS) is 12.6. The maximum Gasteiger partial charge on any atom is -0.00137 e. The van der Waals surface area contributed by atoms with Gasteiger partial charge in [-0.25, -0.2) is 0 Å². The smallest absolute Gasteiger partial charge is 0.00137 e. The van der Waals surface area contributed by atoms with Crippen molar-refractivity contribution in [2.24, 2.45) is 0 Å². The van der Waals surface area contributed by atoms with Gasteiger partial charge in [0.05, 0.1) is 0 Å². The van der Waals surface area contributed by atoms with Gasteiger partial charge in [-0.2, -0.15) is 0 Å². The van der Waals surface area contributed by atoms with Gasteiger partial charge in [-0.1, -0.05) is 211 Å². The van der Waals surface area contributed by atoms with Crippen LogP contribution < -0.4 is 0 Å². The van der Waals surface area contributed by atoms with E-state index in [1.807, 2.05) is 0 Å². The molecule has 0 heteroatoms. The van der Waals surface area contributed by atoms with Gasteiger partial charge in [0.2, 0.25) is 0 Å². The van der Waals surface area contributed by atoms with Gasteiger partial charge in [0.1, 0.15) is 0 Å². The van der Waals surface area contributed by atoms with Crippen molar-refractivity contribution in [3.63, 3.8) is 0 Å². The summed E-state index contributed by atoms with van der Waals surface area (Å²) >= 11 is 0. The first-order valence-electron chi connectivity index (χ1n) is 24.5. The second kappa shape index (κ2) is 15.1. The van der Waals surface area contributed by atoms with Gasteiger partial charge in [0.15, 0.2) is 0 Å². The van der Waals surface area contributed by atoms with E-state index in [0.717, 1.165) is 0 Å². The minimum absolute atomic E-state index is 0.232. The van der Waals surface area contributed by atoms with Crippen molar-refractivity contribution in [2.75, 3.05) is 0 Å². The zero-order valence-corrected chi connectivity index (χ0v) is 41.2. The largest absolute Gasteiger partial charge is 0.0616 e. The summed E-state index contributed by atoms with van der Waals surface area (Å²) in [6, 6.07) is 65.3. The van der Waals surface area contributed by atoms with Crippen LogP contribution in [0, 0.1) is 27.7 Å². The number of hydrogen-bond donors (Lipinski definition) is 0. The van der Waals surface area contributed by atoms with E-state index in [9.17, 15) is 0 Å². The molecule has 0 spiro atoms. The second-order valence-electron chi connectivity index (χ2n) is 21.7. The molecule has 68 heavy (non-hydrogen) atoms. The molecule has 0 bridgehead atoms. The standard InChI is InChI=1S/C68H58/c1-39-27-31-51(47-23-15-11-19-43(39)47)61-55-35-36-57-60-58(38-37-56(59(55)60)62(65(61)67(5,6)7)52-32-28-40(2)44-20-12-16-24-48(44)52)64(54-34-30-42(4)46-22-14-18-26-50(46)54)66(68(8,9)10)63(57)53-33-29-41(3)45-21-13-17-25-49(45)53/h11-38H,1-10H3. The lowest BCUT2D eigenvalue weighted by Crippen LogP contribution is -2.17. The molecule has 0 aromatic heterocycles. The third-order valence-electron chi connectivity index (χ3n) is 15.4. The van der Waals surface area contributed by atoms with Gasteiger partial charge >= 0.3 is 0 Å². The van der Waals surface area contributed by atoms with Crippen molar-refractivity contribution >= 4 is 75.4 Å². The van der Waals surface area contributed by atoms with Gasteiger partial charge < -0.3 is 0 Å². The van der Waals surface area contributed by atoms with Gasteiger partial charge in [0.25, 0.3) is 0 Å². The van der Waals surface area contributed by atoms with Gasteiger partial charge in [-0.05, 0) is 192 Å². The minimum Gasteiger partial charge on any atom is -0.0616 e. The van der Waals surface area contributed by atoms with Crippen LogP contribution in [-0.2, 0) is 10.8 Å². The second-order valence-corrected chi connectivity index (χ2v) is 21.7. The highest BCUT2D eigenvalue weighted by Crippen LogP contribution is 2.57. The predicted octanol–water partition coefficient (Wildman–Crippen LogP) is 19.7. The van der Waals surface area contributed by atoms with Crippen molar-refractivity contribution < 1.29 is 0 Å². The molecule has 0 nitrogen and oxygen atoms in total. The molecule has 0 atom stereocenters. The molecule has 12 aromatic rings. The van der Waals surface area contributed by atoms with Crippen molar-refractivity contribution in [2.45, 2.75) is 80.1 Å². The topological polar surface area (TPSA) is 0 Å². The fourth-order valence-corrected chi connectivity index (χ4v) is 12.4. The third kappa shape index (κ3) is 6.12. The fourth-order valence-electron chi connectivity index (χ4n) is 12.4. The molecule has 0 aliphatic carbocycles. The molecule has 0 amide bonds. The maximum absolute atomic E-state index is 2.51. The van der Waals surface area contributed by atoms with Crippen LogP contribution in [0.5, 0.6) is 0 Å². The lowest BCUT2D eigenvalue weighted by atomic mass is 9.69. The number of rotatable bonds is 4. The SMILES string of the molecule is Cc1ccc(-c2c(C(C)(C)C)c(-c3ccc(C)c4ccccc34)c3ccc4c(-c5ccc(C)c6ccccc56)c(C(C)(C)C)c(-c5ccc(C)c6ccccc56)c5ccc2c3c54)c2ccccc12. The van der Waals surface area contributed by atoms with Gasteiger partial charge in [-0.3, -0.25) is 0 Å². The van der Waals surface area contributed by atoms with E-state index >= 15 is 0 Å². The van der Waals surface area contributed by atoms with Crippen LogP contribution >= 0.6 is 0 Å². The summed E-state index contributed by atoms with van der Waals surface area (Å²) < 4.78 is 0. The Labute approximate surface area is 401 Å². The summed E-state index contributed by atoms with van der Waals surface area (Å²) in [5.74, 6) is 0. The van der Waals surface area contributed by atoms with Gasteiger partial charge in [0, 0.05) is 0 Å². The monoisotopic (exact) mass is 874 g/mol. The highest BCUT2D eigenvalue weighted by Gasteiger charge is 2.34. The van der Waals surface area contributed by atoms with E-state index in [1.165, 1.54) is 153 Å². The van der Waals surface area contributed by atoms with E-state index in [2.05, 4.69) is 239 Å². The van der Waals surface area contributed by atoms with Crippen LogP contribution in [0.4, 0.5) is 0 Å². The summed E-state index contributed by atoms with van der Waals surface area (Å²) in [7, 11) is 0. The molecule has 12 aromatic carbocycles. The molecular weight excluding hydrogens is 817 g/mol. The summed E-state index contributed by atoms with van der Waals surface area (Å²) in [6.45, 7) is 23.6. The van der Waals surface area contributed by atoms with E-state index in [4.69, 9.17) is 0 Å². The van der Waals surface area contributed by atoms with E-state index in [-0.39, 0.29) is 10.8 Å². The molecule has 0 fully saturated rings. The van der Waals surface area contributed by atoms with Crippen LogP contribution in [0.2, 0.25) is 0 Å². The maximum atomic E-state index is 2.51. The van der Waals surface area contributed by atoms with Crippen LogP contribution in [0.1, 0.15) is 74.9 Å². The number of aryl methyl sites for hydroxylation is 4. The Kier molecular flexibility index (Phi) is 9.36. The molecule has 330 valence electrons. The summed E-state index contributed by atoms with van der Waals surface area (Å²) in [4.78, 5) is 0. The minimum atomic E-state index is -0.232. The van der Waals surface area contributed by atoms with Gasteiger partial charge in [-0.15, -0.1) is 0 Å². The summed E-state index contributed by atoms with van der Waals surface area (Å²) in [6.07, 6.45) is 0. The average molecular weight is 875 g/mol. The number of hydrogen-bond acceptors (Lipinski definition) is 0. The van der Waals surface area contributed by atoms with Crippen LogP contribution in [0.3, 0.4) is 0 Å². The van der Waals surface area contributed by atoms with Crippen molar-refractivity contribution in [3.8, 4) is 44.5 Å². The highest BCUT2D eigenvalue weighted by atomic mass is 14.4. The van der Waals surface area contributed by atoms with Crippen LogP contribution in [0.25, 0.3) is 120 Å². The quantitative estimate of drug-likeness (QED) is 0.155. The first kappa shape index (κ1) is 42.1. The van der Waals surface area contributed by atoms with E-state index in [1.54, 1.807) is 0 Å². The zero-order chi connectivity index (χ0) is 47.0. The molecule has 0 unspecified atom stereocenters. The summed E-state index contributed by atoms with van der Waals surface area (Å²) in [5.41, 5.74) is 18.0. The Morgan fingerprint density at radius 1 is 0.221 bits per heavy atom. The number of fused-ring (bicyclic) bond motifs is 4. The van der Waals surface area contributed by atoms with Crippen molar-refractivity contribution in [1.29, 1.82) is 0 Å². The number of benzene rings is 12. The average Bonchev–Trinajstić information content (AvgIpc) is 3.33. The first-order chi connectivity index (χ1) is 32.7. The van der Waals surface area contributed by atoms with Crippen LogP contribution in [0.15, 0.2) is 170 Å². The third-order valence-corrected chi connectivity index (χ3v) is 15.4. The molecule has 0 radical (unpaired) electrons. The molecule has 12 rings (SSSR count). The highest BCUT2D eigenvalue weighted by molar-refractivity contribution is 6.35. The Bertz CT molecular complexity index is 3560. The molecule has 0 saturated heterocycles. The van der Waals surface area contributed by atoms with Crippen molar-refractivity contribution in [3.05, 3.63) is 203 Å².